The summed E-state index contributed by atoms with van der Waals surface area (Å²) in [6, 6.07) is 6.14. The standard InChI is InChI=1S/C29H30F2N6O2.CH3NO/c1-4-33-35-22-10-11-27(24(16-22)26-15-18(2)36-37(26)3)39-28-12-9-21(17-25(28)31)34-29(38)23(13-14-32)19-5-7-20(30)8-6-19;2-1-3/h4-5,7-15,17,19,24,32,35H,6,16H2,1-3H3,(H,34,38);1H,(H2,2,3)/b23-13+,32-14?,33-4-;. The van der Waals surface area contributed by atoms with E-state index in [9.17, 15) is 9.18 Å². The zero-order valence-electron chi connectivity index (χ0n) is 23.5. The van der Waals surface area contributed by atoms with Gasteiger partial charge in [0.1, 0.15) is 11.6 Å². The molecule has 12 heteroatoms. The first-order valence-electron chi connectivity index (χ1n) is 13.0. The normalized spacial score (nSPS) is 18.2. The third-order valence-corrected chi connectivity index (χ3v) is 6.35. The Morgan fingerprint density at radius 3 is 2.64 bits per heavy atom. The molecule has 0 fully saturated rings. The molecule has 2 aliphatic rings. The Labute approximate surface area is 242 Å². The molecule has 1 heterocycles. The average Bonchev–Trinajstić information content (AvgIpc) is 3.30. The van der Waals surface area contributed by atoms with Crippen LogP contribution in [0.2, 0.25) is 0 Å². The van der Waals surface area contributed by atoms with Crippen LogP contribution in [0.4, 0.5) is 14.5 Å². The summed E-state index contributed by atoms with van der Waals surface area (Å²) in [6.07, 6.45) is 13.0. The second kappa shape index (κ2) is 15.0. The van der Waals surface area contributed by atoms with Crippen LogP contribution in [0.5, 0.6) is 5.75 Å². The molecule has 4 rings (SSSR count). The van der Waals surface area contributed by atoms with E-state index in [2.05, 4.69) is 26.7 Å². The summed E-state index contributed by atoms with van der Waals surface area (Å²) in [5.41, 5.74) is 10.3. The van der Waals surface area contributed by atoms with E-state index in [4.69, 9.17) is 14.9 Å². The lowest BCUT2D eigenvalue weighted by Gasteiger charge is -2.25. The number of allylic oxidation sites excluding steroid dienone is 9. The van der Waals surface area contributed by atoms with Crippen LogP contribution in [0.25, 0.3) is 0 Å². The van der Waals surface area contributed by atoms with Gasteiger partial charge in [-0.25, -0.2) is 8.78 Å². The molecule has 0 radical (unpaired) electrons. The number of primary amides is 1. The van der Waals surface area contributed by atoms with Gasteiger partial charge < -0.3 is 21.2 Å². The Morgan fingerprint density at radius 1 is 1.29 bits per heavy atom. The number of nitrogens with two attached hydrogens (primary N) is 1. The number of amides is 2. The van der Waals surface area contributed by atoms with E-state index >= 15 is 4.39 Å². The Bertz CT molecular complexity index is 1500. The first-order valence-corrected chi connectivity index (χ1v) is 13.0. The van der Waals surface area contributed by atoms with Gasteiger partial charge in [0.2, 0.25) is 6.41 Å². The number of hydrazone groups is 1. The lowest BCUT2D eigenvalue weighted by atomic mass is 9.91. The van der Waals surface area contributed by atoms with E-state index in [1.807, 2.05) is 33.0 Å². The fourth-order valence-corrected chi connectivity index (χ4v) is 4.50. The first kappa shape index (κ1) is 31.4. The van der Waals surface area contributed by atoms with Crippen LogP contribution in [0, 0.1) is 24.1 Å². The van der Waals surface area contributed by atoms with Gasteiger partial charge in [0, 0.05) is 60.5 Å². The molecule has 5 N–H and O–H groups in total. The molecular weight excluding hydrogens is 544 g/mol. The molecule has 2 amide bonds. The second-order valence-corrected chi connectivity index (χ2v) is 9.27. The molecule has 10 nitrogen and oxygen atoms in total. The quantitative estimate of drug-likeness (QED) is 0.146. The summed E-state index contributed by atoms with van der Waals surface area (Å²) in [7, 11) is 1.85. The highest BCUT2D eigenvalue weighted by atomic mass is 19.1. The largest absolute Gasteiger partial charge is 0.458 e. The van der Waals surface area contributed by atoms with Crippen molar-refractivity contribution in [2.75, 3.05) is 5.32 Å². The van der Waals surface area contributed by atoms with Gasteiger partial charge in [-0.05, 0) is 68.8 Å². The molecule has 2 atom stereocenters. The van der Waals surface area contributed by atoms with Gasteiger partial charge in [-0.2, -0.15) is 10.2 Å². The molecular formula is C30H33F2N7O3. The van der Waals surface area contributed by atoms with Crippen LogP contribution in [-0.4, -0.2) is 34.5 Å². The molecule has 0 bridgehead atoms. The summed E-state index contributed by atoms with van der Waals surface area (Å²) in [6.45, 7) is 3.72. The first-order chi connectivity index (χ1) is 20.2. The lowest BCUT2D eigenvalue weighted by Crippen LogP contribution is -2.21. The predicted molar refractivity (Wildman–Crippen MR) is 158 cm³/mol. The predicted octanol–water partition coefficient (Wildman–Crippen LogP) is 4.84. The molecule has 220 valence electrons. The van der Waals surface area contributed by atoms with Crippen molar-refractivity contribution in [1.82, 2.24) is 15.2 Å². The van der Waals surface area contributed by atoms with Crippen molar-refractivity contribution < 1.29 is 23.1 Å². The molecule has 1 aromatic carbocycles. The highest BCUT2D eigenvalue weighted by molar-refractivity contribution is 6.06. The molecule has 0 spiro atoms. The SMILES string of the molecule is C/C=N\NC1=CC=C(Oc2ccc(NC(=O)/C(=C/C=N)C3C=CC(F)=CC3)cc2F)C(c2cc(C)nn2C)C1.NC=O. The number of hydrogen-bond acceptors (Lipinski definition) is 7. The third-order valence-electron chi connectivity index (χ3n) is 6.35. The third kappa shape index (κ3) is 8.19. The van der Waals surface area contributed by atoms with Crippen molar-refractivity contribution in [2.45, 2.75) is 32.6 Å². The van der Waals surface area contributed by atoms with Gasteiger partial charge >= 0.3 is 0 Å². The monoisotopic (exact) mass is 577 g/mol. The van der Waals surface area contributed by atoms with E-state index in [1.165, 1.54) is 30.4 Å². The fraction of sp³-hybridized carbons (Fsp3) is 0.233. The lowest BCUT2D eigenvalue weighted by molar-refractivity contribution is -0.113. The van der Waals surface area contributed by atoms with Crippen LogP contribution in [-0.2, 0) is 16.6 Å². The molecule has 42 heavy (non-hydrogen) atoms. The van der Waals surface area contributed by atoms with Crippen molar-refractivity contribution in [1.29, 1.82) is 5.41 Å². The molecule has 0 aliphatic heterocycles. The molecule has 0 saturated heterocycles. The van der Waals surface area contributed by atoms with Gasteiger partial charge in [0.05, 0.1) is 11.6 Å². The number of aryl methyl sites for hydroxylation is 2. The zero-order chi connectivity index (χ0) is 30.6. The summed E-state index contributed by atoms with van der Waals surface area (Å²) >= 11 is 0. The minimum atomic E-state index is -0.655. The number of halogens is 2. The number of ether oxygens (including phenoxy) is 1. The van der Waals surface area contributed by atoms with Crippen molar-refractivity contribution in [2.24, 2.45) is 23.8 Å². The van der Waals surface area contributed by atoms with Gasteiger partial charge in [-0.15, -0.1) is 0 Å². The highest BCUT2D eigenvalue weighted by Crippen LogP contribution is 2.36. The number of anilines is 1. The number of rotatable bonds is 9. The Hall–Kier alpha value is -5.13. The summed E-state index contributed by atoms with van der Waals surface area (Å²) < 4.78 is 36.4. The fourth-order valence-electron chi connectivity index (χ4n) is 4.50. The maximum Gasteiger partial charge on any atom is 0.252 e. The van der Waals surface area contributed by atoms with Gasteiger partial charge in [0.15, 0.2) is 11.6 Å². The van der Waals surface area contributed by atoms with Crippen LogP contribution in [0.3, 0.4) is 0 Å². The second-order valence-electron chi connectivity index (χ2n) is 9.27. The number of aromatic nitrogens is 2. The van der Waals surface area contributed by atoms with Gasteiger partial charge in [-0.3, -0.25) is 19.7 Å². The van der Waals surface area contributed by atoms with Crippen LogP contribution >= 0.6 is 0 Å². The summed E-state index contributed by atoms with van der Waals surface area (Å²) in [4.78, 5) is 21.5. The van der Waals surface area contributed by atoms with Gasteiger partial charge in [0.25, 0.3) is 5.91 Å². The number of nitrogens with zero attached hydrogens (tertiary/aromatic N) is 3. The number of carbonyl (C=O) groups is 2. The summed E-state index contributed by atoms with van der Waals surface area (Å²) in [5.74, 6) is -1.60. The molecule has 2 unspecified atom stereocenters. The van der Waals surface area contributed by atoms with Crippen LogP contribution in [0.15, 0.2) is 88.7 Å². The molecule has 2 aliphatic carbocycles. The van der Waals surface area contributed by atoms with Crippen LogP contribution < -0.4 is 21.2 Å². The Balaban J connectivity index is 0.00000155. The average molecular weight is 578 g/mol. The van der Waals surface area contributed by atoms with E-state index in [0.29, 0.717) is 18.6 Å². The highest BCUT2D eigenvalue weighted by Gasteiger charge is 2.27. The number of carbonyl (C=O) groups excluding carboxylic acids is 2. The van der Waals surface area contributed by atoms with E-state index in [-0.39, 0.29) is 41.1 Å². The maximum atomic E-state index is 15.2. The van der Waals surface area contributed by atoms with Crippen molar-refractivity contribution in [3.8, 4) is 5.75 Å². The van der Waals surface area contributed by atoms with E-state index in [1.54, 1.807) is 29.1 Å². The van der Waals surface area contributed by atoms with E-state index in [0.717, 1.165) is 23.3 Å². The van der Waals surface area contributed by atoms with Crippen molar-refractivity contribution in [3.05, 3.63) is 101 Å². The molecule has 1 aromatic heterocycles. The minimum absolute atomic E-state index is 0.00520. The van der Waals surface area contributed by atoms with E-state index < -0.39 is 11.7 Å². The van der Waals surface area contributed by atoms with Crippen molar-refractivity contribution >= 4 is 30.4 Å². The van der Waals surface area contributed by atoms with Crippen molar-refractivity contribution in [3.63, 3.8) is 0 Å². The number of hydrogen-bond donors (Lipinski definition) is 4. The smallest absolute Gasteiger partial charge is 0.252 e. The number of benzene rings is 1. The minimum Gasteiger partial charge on any atom is -0.458 e. The Kier molecular flexibility index (Phi) is 11.2. The number of nitrogens with one attached hydrogen (secondary N) is 3. The Morgan fingerprint density at radius 2 is 2.05 bits per heavy atom. The van der Waals surface area contributed by atoms with Crippen LogP contribution in [0.1, 0.15) is 37.1 Å². The maximum absolute atomic E-state index is 15.2. The van der Waals surface area contributed by atoms with Gasteiger partial charge in [-0.1, -0.05) is 6.08 Å². The summed E-state index contributed by atoms with van der Waals surface area (Å²) in [5, 5.41) is 18.6. The zero-order valence-corrected chi connectivity index (χ0v) is 23.5. The molecule has 2 aromatic rings. The topological polar surface area (TPSA) is 147 Å². The molecule has 0 saturated carbocycles.